The van der Waals surface area contributed by atoms with Crippen LogP contribution in [0, 0.1) is 5.41 Å². The molecule has 118 valence electrons. The fourth-order valence-corrected chi connectivity index (χ4v) is 2.75. The summed E-state index contributed by atoms with van der Waals surface area (Å²) in [4.78, 5) is 17.4. The van der Waals surface area contributed by atoms with Gasteiger partial charge in [0.05, 0.1) is 17.1 Å². The van der Waals surface area contributed by atoms with Crippen molar-refractivity contribution in [2.24, 2.45) is 5.41 Å². The Morgan fingerprint density at radius 3 is 2.73 bits per heavy atom. The Hall–Kier alpha value is -1.88. The minimum absolute atomic E-state index is 0.161. The van der Waals surface area contributed by atoms with Gasteiger partial charge in [-0.25, -0.2) is 4.79 Å². The molecule has 3 rings (SSSR count). The summed E-state index contributed by atoms with van der Waals surface area (Å²) in [5.74, 6) is 0.356. The molecule has 0 atom stereocenters. The van der Waals surface area contributed by atoms with Crippen molar-refractivity contribution >= 4 is 16.9 Å². The summed E-state index contributed by atoms with van der Waals surface area (Å²) in [6, 6.07) is 6.46. The molecule has 1 N–H and O–H groups in total. The Balaban J connectivity index is 1.60. The van der Waals surface area contributed by atoms with Crippen LogP contribution in [-0.2, 0) is 9.63 Å². The zero-order chi connectivity index (χ0) is 15.7. The molecule has 2 heterocycles. The average molecular weight is 301 g/mol. The molecule has 0 spiro atoms. The van der Waals surface area contributed by atoms with Crippen LogP contribution in [0.5, 0.6) is 0 Å². The minimum atomic E-state index is -0.455. The molecule has 5 nitrogen and oxygen atoms in total. The lowest BCUT2D eigenvalue weighted by Gasteiger charge is -2.32. The molecule has 1 saturated heterocycles. The van der Waals surface area contributed by atoms with E-state index in [4.69, 9.17) is 4.84 Å². The third-order valence-corrected chi connectivity index (χ3v) is 4.21. The maximum atomic E-state index is 11.9. The summed E-state index contributed by atoms with van der Waals surface area (Å²) in [6.07, 6.45) is 3.86. The minimum Gasteiger partial charge on any atom is -0.367 e. The lowest BCUT2D eigenvalue weighted by atomic mass is 9.89. The van der Waals surface area contributed by atoms with E-state index in [0.717, 1.165) is 36.8 Å². The van der Waals surface area contributed by atoms with Gasteiger partial charge in [-0.2, -0.15) is 5.10 Å². The van der Waals surface area contributed by atoms with Crippen molar-refractivity contribution in [3.63, 3.8) is 0 Å². The van der Waals surface area contributed by atoms with Gasteiger partial charge < -0.3 is 4.84 Å². The zero-order valence-electron chi connectivity index (χ0n) is 13.4. The number of rotatable bonds is 2. The van der Waals surface area contributed by atoms with E-state index in [9.17, 15) is 4.79 Å². The van der Waals surface area contributed by atoms with Crippen molar-refractivity contribution in [1.29, 1.82) is 0 Å². The van der Waals surface area contributed by atoms with E-state index in [1.807, 2.05) is 27.0 Å². The molecule has 5 heteroatoms. The Kier molecular flexibility index (Phi) is 3.91. The summed E-state index contributed by atoms with van der Waals surface area (Å²) < 4.78 is 0. The monoisotopic (exact) mass is 301 g/mol. The van der Waals surface area contributed by atoms with Crippen LogP contribution in [0.25, 0.3) is 10.9 Å². The van der Waals surface area contributed by atoms with Gasteiger partial charge in [0.25, 0.3) is 0 Å². The molecule has 0 aliphatic carbocycles. The van der Waals surface area contributed by atoms with Crippen LogP contribution in [0.3, 0.4) is 0 Å². The molecule has 2 aromatic rings. The van der Waals surface area contributed by atoms with E-state index in [2.05, 4.69) is 28.4 Å². The fourth-order valence-electron chi connectivity index (χ4n) is 2.75. The number of aromatic amines is 1. The molecule has 22 heavy (non-hydrogen) atoms. The number of nitrogens with one attached hydrogen (secondary N) is 1. The van der Waals surface area contributed by atoms with Crippen LogP contribution >= 0.6 is 0 Å². The molecule has 0 saturated carbocycles. The van der Waals surface area contributed by atoms with Gasteiger partial charge in [0, 0.05) is 18.5 Å². The number of piperidine rings is 1. The van der Waals surface area contributed by atoms with Crippen LogP contribution in [0.2, 0.25) is 0 Å². The number of fused-ring (bicyclic) bond motifs is 1. The lowest BCUT2D eigenvalue weighted by Crippen LogP contribution is -2.38. The normalized spacial score (nSPS) is 17.8. The second kappa shape index (κ2) is 5.72. The van der Waals surface area contributed by atoms with Crippen molar-refractivity contribution in [2.45, 2.75) is 39.5 Å². The number of nitrogens with zero attached hydrogens (tertiary/aromatic N) is 2. The summed E-state index contributed by atoms with van der Waals surface area (Å²) in [6.45, 7) is 7.21. The molecule has 0 unspecified atom stereocenters. The Morgan fingerprint density at radius 2 is 2.05 bits per heavy atom. The van der Waals surface area contributed by atoms with Gasteiger partial charge >= 0.3 is 5.97 Å². The van der Waals surface area contributed by atoms with Gasteiger partial charge in [-0.05, 0) is 57.2 Å². The van der Waals surface area contributed by atoms with Gasteiger partial charge in [0.2, 0.25) is 0 Å². The Labute approximate surface area is 130 Å². The molecule has 1 aromatic carbocycles. The van der Waals surface area contributed by atoms with Crippen LogP contribution < -0.4 is 0 Å². The highest BCUT2D eigenvalue weighted by molar-refractivity contribution is 5.78. The van der Waals surface area contributed by atoms with E-state index < -0.39 is 5.41 Å². The highest BCUT2D eigenvalue weighted by atomic mass is 16.7. The molecular formula is C17H23N3O2. The summed E-state index contributed by atoms with van der Waals surface area (Å²) in [5.41, 5.74) is 1.96. The number of hydrogen-bond donors (Lipinski definition) is 1. The van der Waals surface area contributed by atoms with Crippen molar-refractivity contribution in [1.82, 2.24) is 15.3 Å². The van der Waals surface area contributed by atoms with Gasteiger partial charge in [0.1, 0.15) is 0 Å². The maximum Gasteiger partial charge on any atom is 0.330 e. The Morgan fingerprint density at radius 1 is 1.32 bits per heavy atom. The summed E-state index contributed by atoms with van der Waals surface area (Å²) in [5, 5.41) is 10.00. The molecule has 0 bridgehead atoms. The van der Waals surface area contributed by atoms with Crippen molar-refractivity contribution in [2.75, 3.05) is 13.1 Å². The van der Waals surface area contributed by atoms with Crippen LogP contribution in [0.15, 0.2) is 24.4 Å². The number of carbonyl (C=O) groups excluding carboxylic acids is 1. The quantitative estimate of drug-likeness (QED) is 0.925. The van der Waals surface area contributed by atoms with Crippen molar-refractivity contribution < 1.29 is 9.63 Å². The summed E-state index contributed by atoms with van der Waals surface area (Å²) >= 11 is 0. The standard InChI is InChI=1S/C17H23N3O2/c1-17(2,3)16(21)22-20-8-6-12(7-9-20)13-4-5-15-14(10-13)11-18-19-15/h4-5,10-12H,6-9H2,1-3H3,(H,18,19). The third-order valence-electron chi connectivity index (χ3n) is 4.21. The number of benzene rings is 1. The third kappa shape index (κ3) is 3.14. The molecular weight excluding hydrogens is 278 g/mol. The average Bonchev–Trinajstić information content (AvgIpc) is 2.94. The molecule has 0 radical (unpaired) electrons. The first kappa shape index (κ1) is 15.0. The highest BCUT2D eigenvalue weighted by Crippen LogP contribution is 2.30. The van der Waals surface area contributed by atoms with Crippen molar-refractivity contribution in [3.8, 4) is 0 Å². The smallest absolute Gasteiger partial charge is 0.330 e. The number of hydrogen-bond acceptors (Lipinski definition) is 4. The first-order valence-electron chi connectivity index (χ1n) is 7.84. The second-order valence-electron chi connectivity index (χ2n) is 7.05. The van der Waals surface area contributed by atoms with E-state index in [1.54, 1.807) is 5.06 Å². The number of hydroxylamine groups is 2. The van der Waals surface area contributed by atoms with E-state index in [0.29, 0.717) is 5.92 Å². The van der Waals surface area contributed by atoms with E-state index in [-0.39, 0.29) is 5.97 Å². The summed E-state index contributed by atoms with van der Waals surface area (Å²) in [7, 11) is 0. The van der Waals surface area contributed by atoms with Gasteiger partial charge in [-0.15, -0.1) is 5.06 Å². The zero-order valence-corrected chi connectivity index (χ0v) is 13.4. The first-order chi connectivity index (χ1) is 10.4. The van der Waals surface area contributed by atoms with Gasteiger partial charge in [0.15, 0.2) is 0 Å². The molecule has 1 aromatic heterocycles. The van der Waals surface area contributed by atoms with Crippen LogP contribution in [-0.4, -0.2) is 34.3 Å². The van der Waals surface area contributed by atoms with Crippen molar-refractivity contribution in [3.05, 3.63) is 30.0 Å². The molecule has 1 fully saturated rings. The maximum absolute atomic E-state index is 11.9. The number of H-pyrrole nitrogens is 1. The number of aromatic nitrogens is 2. The predicted octanol–water partition coefficient (Wildman–Crippen LogP) is 3.25. The fraction of sp³-hybridized carbons (Fsp3) is 0.529. The van der Waals surface area contributed by atoms with Gasteiger partial charge in [-0.3, -0.25) is 5.10 Å². The predicted molar refractivity (Wildman–Crippen MR) is 85.2 cm³/mol. The highest BCUT2D eigenvalue weighted by Gasteiger charge is 2.28. The molecule has 0 amide bonds. The Bertz CT molecular complexity index is 664. The van der Waals surface area contributed by atoms with Gasteiger partial charge in [-0.1, -0.05) is 6.07 Å². The van der Waals surface area contributed by atoms with Crippen LogP contribution in [0.1, 0.15) is 45.1 Å². The molecule has 1 aliphatic heterocycles. The van der Waals surface area contributed by atoms with E-state index in [1.165, 1.54) is 5.56 Å². The van der Waals surface area contributed by atoms with E-state index >= 15 is 0 Å². The van der Waals surface area contributed by atoms with Crippen LogP contribution in [0.4, 0.5) is 0 Å². The lowest BCUT2D eigenvalue weighted by molar-refractivity contribution is -0.204. The topological polar surface area (TPSA) is 58.2 Å². The number of carbonyl (C=O) groups is 1. The first-order valence-corrected chi connectivity index (χ1v) is 7.84. The second-order valence-corrected chi connectivity index (χ2v) is 7.05. The molecule has 1 aliphatic rings. The SMILES string of the molecule is CC(C)(C)C(=O)ON1CCC(c2ccc3[nH]ncc3c2)CC1. The largest absolute Gasteiger partial charge is 0.367 e.